The summed E-state index contributed by atoms with van der Waals surface area (Å²) in [4.78, 5) is 30.2. The van der Waals surface area contributed by atoms with E-state index in [0.29, 0.717) is 19.7 Å². The molecular weight excluding hydrogens is 418 g/mol. The maximum atomic E-state index is 12.9. The third-order valence-corrected chi connectivity index (χ3v) is 6.50. The van der Waals surface area contributed by atoms with E-state index >= 15 is 0 Å². The van der Waals surface area contributed by atoms with Crippen molar-refractivity contribution in [3.63, 3.8) is 0 Å². The zero-order chi connectivity index (χ0) is 22.9. The van der Waals surface area contributed by atoms with Gasteiger partial charge in [-0.15, -0.1) is 0 Å². The lowest BCUT2D eigenvalue weighted by atomic mass is 10.0. The Balaban J connectivity index is 1.28. The van der Waals surface area contributed by atoms with E-state index in [1.165, 1.54) is 0 Å². The number of H-pyrrole nitrogens is 1. The molecule has 3 heterocycles. The summed E-state index contributed by atoms with van der Waals surface area (Å²) in [6.45, 7) is 5.79. The highest BCUT2D eigenvalue weighted by Gasteiger charge is 2.25. The second-order valence-electron chi connectivity index (χ2n) is 8.77. The number of hydrogen-bond donors (Lipinski definition) is 1. The van der Waals surface area contributed by atoms with Crippen molar-refractivity contribution >= 4 is 23.0 Å². The van der Waals surface area contributed by atoms with Gasteiger partial charge in [0.2, 0.25) is 5.91 Å². The zero-order valence-corrected chi connectivity index (χ0v) is 19.0. The van der Waals surface area contributed by atoms with Crippen molar-refractivity contribution in [1.29, 1.82) is 0 Å². The number of benzene rings is 2. The molecule has 0 spiro atoms. The maximum Gasteiger partial charge on any atom is 0.326 e. The van der Waals surface area contributed by atoms with Crippen LogP contribution in [-0.4, -0.2) is 46.2 Å². The summed E-state index contributed by atoms with van der Waals surface area (Å²) in [5.41, 5.74) is 3.67. The fourth-order valence-corrected chi connectivity index (χ4v) is 4.91. The lowest BCUT2D eigenvalue weighted by Gasteiger charge is -2.32. The van der Waals surface area contributed by atoms with Gasteiger partial charge in [0.25, 0.3) is 0 Å². The first-order valence-electron chi connectivity index (χ1n) is 11.7. The Labute approximate surface area is 192 Å². The summed E-state index contributed by atoms with van der Waals surface area (Å²) < 4.78 is 13.5. The van der Waals surface area contributed by atoms with Crippen molar-refractivity contribution in [2.45, 2.75) is 45.3 Å². The lowest BCUT2D eigenvalue weighted by Crippen LogP contribution is -2.39. The lowest BCUT2D eigenvalue weighted by molar-refractivity contribution is -0.127. The van der Waals surface area contributed by atoms with Crippen molar-refractivity contribution in [2.24, 2.45) is 0 Å². The molecule has 1 aromatic heterocycles. The van der Waals surface area contributed by atoms with Crippen LogP contribution in [0.5, 0.6) is 11.5 Å². The number of nitrogens with one attached hydrogen (secondary N) is 1. The number of carbonyl (C=O) groups excluding carboxylic acids is 1. The molecule has 1 amide bonds. The third-order valence-electron chi connectivity index (χ3n) is 6.50. The number of hydrogen-bond acceptors (Lipinski definition) is 4. The van der Waals surface area contributed by atoms with Crippen LogP contribution in [0.15, 0.2) is 47.3 Å². The molecule has 0 saturated carbocycles. The smallest absolute Gasteiger partial charge is 0.326 e. The number of aromatic nitrogens is 2. The average Bonchev–Trinajstić information content (AvgIpc) is 3.34. The van der Waals surface area contributed by atoms with E-state index in [4.69, 9.17) is 9.47 Å². The molecule has 3 aromatic rings. The summed E-state index contributed by atoms with van der Waals surface area (Å²) in [5, 5.41) is 0. The molecule has 1 saturated heterocycles. The van der Waals surface area contributed by atoms with Crippen LogP contribution in [-0.2, 0) is 11.2 Å². The van der Waals surface area contributed by atoms with Gasteiger partial charge in [-0.1, -0.05) is 12.1 Å². The molecule has 2 aliphatic rings. The third kappa shape index (κ3) is 4.15. The standard InChI is InChI=1S/C26H29N3O4/c1-3-32-23-16-19-14-17(2)33-24(19)15-18(23)8-9-25(30)28-12-10-20(11-13-28)29-22-7-5-4-6-21(22)27-26(29)31/h4-9,15-17,20H,3,10-14H2,1-2H3,(H,27,31)/b9-8+. The molecule has 172 valence electrons. The molecule has 2 aliphatic heterocycles. The van der Waals surface area contributed by atoms with Crippen LogP contribution in [0.25, 0.3) is 17.1 Å². The number of ether oxygens (including phenoxy) is 2. The minimum Gasteiger partial charge on any atom is -0.493 e. The van der Waals surface area contributed by atoms with Gasteiger partial charge in [-0.3, -0.25) is 9.36 Å². The van der Waals surface area contributed by atoms with Crippen LogP contribution >= 0.6 is 0 Å². The number of nitrogens with zero attached hydrogens (tertiary/aromatic N) is 2. The molecule has 1 N–H and O–H groups in total. The Kier molecular flexibility index (Phi) is 5.70. The van der Waals surface area contributed by atoms with Crippen LogP contribution < -0.4 is 15.2 Å². The van der Waals surface area contributed by atoms with Crippen LogP contribution in [0.2, 0.25) is 0 Å². The molecule has 1 unspecified atom stereocenters. The molecular formula is C26H29N3O4. The molecule has 1 atom stereocenters. The Morgan fingerprint density at radius 2 is 2.03 bits per heavy atom. The first kappa shape index (κ1) is 21.4. The van der Waals surface area contributed by atoms with E-state index in [1.54, 1.807) is 6.08 Å². The van der Waals surface area contributed by atoms with Crippen molar-refractivity contribution in [3.8, 4) is 11.5 Å². The van der Waals surface area contributed by atoms with Crippen molar-refractivity contribution < 1.29 is 14.3 Å². The number of amides is 1. The number of para-hydroxylation sites is 2. The van der Waals surface area contributed by atoms with E-state index in [1.807, 2.05) is 65.8 Å². The number of carbonyl (C=O) groups is 1. The normalized spacial score (nSPS) is 18.6. The highest BCUT2D eigenvalue weighted by Crippen LogP contribution is 2.36. The molecule has 0 aliphatic carbocycles. The summed E-state index contributed by atoms with van der Waals surface area (Å²) >= 11 is 0. The molecule has 0 radical (unpaired) electrons. The SMILES string of the molecule is CCOc1cc2c(cc1/C=C/C(=O)N1CCC(n3c(=O)[nH]c4ccccc43)CC1)OC(C)C2. The summed E-state index contributed by atoms with van der Waals surface area (Å²) in [7, 11) is 0. The van der Waals surface area contributed by atoms with Crippen molar-refractivity contribution in [2.75, 3.05) is 19.7 Å². The predicted molar refractivity (Wildman–Crippen MR) is 128 cm³/mol. The van der Waals surface area contributed by atoms with E-state index < -0.39 is 0 Å². The summed E-state index contributed by atoms with van der Waals surface area (Å²) in [6, 6.07) is 11.8. The molecule has 1 fully saturated rings. The molecule has 7 nitrogen and oxygen atoms in total. The van der Waals surface area contributed by atoms with Crippen molar-refractivity contribution in [1.82, 2.24) is 14.5 Å². The first-order chi connectivity index (χ1) is 16.0. The van der Waals surface area contributed by atoms with Gasteiger partial charge < -0.3 is 19.4 Å². The van der Waals surface area contributed by atoms with Crippen LogP contribution in [0.1, 0.15) is 43.9 Å². The second-order valence-corrected chi connectivity index (χ2v) is 8.77. The van der Waals surface area contributed by atoms with Gasteiger partial charge in [0, 0.05) is 42.8 Å². The van der Waals surface area contributed by atoms with E-state index in [0.717, 1.165) is 52.9 Å². The van der Waals surface area contributed by atoms with Gasteiger partial charge in [-0.25, -0.2) is 4.79 Å². The molecule has 33 heavy (non-hydrogen) atoms. The quantitative estimate of drug-likeness (QED) is 0.602. The highest BCUT2D eigenvalue weighted by molar-refractivity contribution is 5.92. The Bertz CT molecular complexity index is 1260. The monoisotopic (exact) mass is 447 g/mol. The summed E-state index contributed by atoms with van der Waals surface area (Å²) in [5.74, 6) is 1.61. The number of piperidine rings is 1. The Morgan fingerprint density at radius 3 is 2.82 bits per heavy atom. The molecule has 2 aromatic carbocycles. The maximum absolute atomic E-state index is 12.9. The Hall–Kier alpha value is -3.48. The van der Waals surface area contributed by atoms with E-state index in [9.17, 15) is 9.59 Å². The number of rotatable bonds is 5. The second kappa shape index (κ2) is 8.81. The number of likely N-dealkylation sites (tertiary alicyclic amines) is 1. The predicted octanol–water partition coefficient (Wildman–Crippen LogP) is 3.93. The molecule has 0 bridgehead atoms. The minimum atomic E-state index is -0.0857. The fraction of sp³-hybridized carbons (Fsp3) is 0.385. The molecule has 5 rings (SSSR count). The van der Waals surface area contributed by atoms with Crippen LogP contribution in [0, 0.1) is 0 Å². The number of aromatic amines is 1. The molecule has 7 heteroatoms. The van der Waals surface area contributed by atoms with Gasteiger partial charge in [0.05, 0.1) is 17.6 Å². The minimum absolute atomic E-state index is 0.0306. The van der Waals surface area contributed by atoms with Gasteiger partial charge in [0.1, 0.15) is 17.6 Å². The summed E-state index contributed by atoms with van der Waals surface area (Å²) in [6.07, 6.45) is 5.94. The largest absolute Gasteiger partial charge is 0.493 e. The van der Waals surface area contributed by atoms with E-state index in [2.05, 4.69) is 4.98 Å². The van der Waals surface area contributed by atoms with Gasteiger partial charge in [-0.05, 0) is 57.0 Å². The van der Waals surface area contributed by atoms with Gasteiger partial charge in [-0.2, -0.15) is 0 Å². The van der Waals surface area contributed by atoms with Gasteiger partial charge >= 0.3 is 5.69 Å². The number of fused-ring (bicyclic) bond motifs is 2. The number of imidazole rings is 1. The zero-order valence-electron chi connectivity index (χ0n) is 19.0. The average molecular weight is 448 g/mol. The topological polar surface area (TPSA) is 76.6 Å². The first-order valence-corrected chi connectivity index (χ1v) is 11.7. The van der Waals surface area contributed by atoms with Crippen LogP contribution in [0.3, 0.4) is 0 Å². The van der Waals surface area contributed by atoms with Crippen LogP contribution in [0.4, 0.5) is 0 Å². The van der Waals surface area contributed by atoms with Gasteiger partial charge in [0.15, 0.2) is 0 Å². The Morgan fingerprint density at radius 1 is 1.24 bits per heavy atom. The fourth-order valence-electron chi connectivity index (χ4n) is 4.91. The van der Waals surface area contributed by atoms with E-state index in [-0.39, 0.29) is 23.7 Å². The highest BCUT2D eigenvalue weighted by atomic mass is 16.5. The van der Waals surface area contributed by atoms with Crippen molar-refractivity contribution in [3.05, 3.63) is 64.1 Å².